The summed E-state index contributed by atoms with van der Waals surface area (Å²) in [4.78, 5) is 4.37. The summed E-state index contributed by atoms with van der Waals surface area (Å²) >= 11 is 8.72. The number of hydrogen-bond acceptors (Lipinski definition) is 7. The normalized spacial score (nSPS) is 10.8. The minimum absolute atomic E-state index is 0.307. The molecule has 0 aliphatic rings. The Morgan fingerprint density at radius 3 is 2.61 bits per heavy atom. The van der Waals surface area contributed by atoms with Gasteiger partial charge in [-0.3, -0.25) is 5.43 Å². The van der Waals surface area contributed by atoms with Crippen molar-refractivity contribution < 1.29 is 14.2 Å². The zero-order valence-corrected chi connectivity index (χ0v) is 21.3. The lowest BCUT2D eigenvalue weighted by molar-refractivity contribution is 0.184. The second-order valence-electron chi connectivity index (χ2n) is 7.01. The van der Waals surface area contributed by atoms with E-state index >= 15 is 0 Å². The van der Waals surface area contributed by atoms with E-state index in [9.17, 15) is 5.26 Å². The molecule has 9 heteroatoms. The third-order valence-electron chi connectivity index (χ3n) is 4.57. The number of nitrogens with one attached hydrogen (secondary N) is 1. The number of ether oxygens (including phenoxy) is 3. The van der Waals surface area contributed by atoms with Crippen LogP contribution in [0.15, 0.2) is 47.6 Å². The maximum atomic E-state index is 9.53. The molecule has 1 heterocycles. The standard InChI is InChI=1S/C24H22ClIN4O3/c1-15-8-18(14-31-2)20(11-27)24(29-15)30-28-12-17-9-21(25)23(22(10-17)32-3)33-13-16-4-6-19(26)7-5-16/h4-10,12H,13-14H2,1-3H3,(H,29,30)/b28-12+. The molecule has 0 aliphatic carbocycles. The van der Waals surface area contributed by atoms with Gasteiger partial charge >= 0.3 is 0 Å². The number of nitriles is 1. The van der Waals surface area contributed by atoms with Gasteiger partial charge in [-0.1, -0.05) is 23.7 Å². The van der Waals surface area contributed by atoms with Crippen molar-refractivity contribution >= 4 is 46.2 Å². The van der Waals surface area contributed by atoms with Gasteiger partial charge in [0.2, 0.25) is 0 Å². The van der Waals surface area contributed by atoms with Crippen molar-refractivity contribution in [1.29, 1.82) is 5.26 Å². The van der Waals surface area contributed by atoms with Crippen LogP contribution in [-0.2, 0) is 18.0 Å². The summed E-state index contributed by atoms with van der Waals surface area (Å²) in [7, 11) is 3.13. The highest BCUT2D eigenvalue weighted by Crippen LogP contribution is 2.36. The lowest BCUT2D eigenvalue weighted by Gasteiger charge is -2.13. The highest BCUT2D eigenvalue weighted by atomic mass is 127. The van der Waals surface area contributed by atoms with E-state index in [4.69, 9.17) is 25.8 Å². The smallest absolute Gasteiger partial charge is 0.180 e. The molecule has 0 unspecified atom stereocenters. The Morgan fingerprint density at radius 1 is 1.18 bits per heavy atom. The van der Waals surface area contributed by atoms with Gasteiger partial charge in [0.05, 0.1) is 25.0 Å². The van der Waals surface area contributed by atoms with Crippen LogP contribution in [-0.4, -0.2) is 25.4 Å². The molecule has 1 aromatic heterocycles. The predicted octanol–water partition coefficient (Wildman–Crippen LogP) is 5.70. The SMILES string of the molecule is COCc1cc(C)nc(N/N=C/c2cc(Cl)c(OCc3ccc(I)cc3)c(OC)c2)c1C#N. The lowest BCUT2D eigenvalue weighted by atomic mass is 10.1. The summed E-state index contributed by atoms with van der Waals surface area (Å²) in [5, 5.41) is 14.2. The number of halogens is 2. The predicted molar refractivity (Wildman–Crippen MR) is 137 cm³/mol. The average Bonchev–Trinajstić information content (AvgIpc) is 2.79. The molecule has 0 atom stereocenters. The molecular formula is C24H22ClIN4O3. The van der Waals surface area contributed by atoms with Gasteiger partial charge in [0.25, 0.3) is 0 Å². The van der Waals surface area contributed by atoms with Crippen LogP contribution < -0.4 is 14.9 Å². The van der Waals surface area contributed by atoms with Crippen LogP contribution in [0.4, 0.5) is 5.82 Å². The minimum Gasteiger partial charge on any atom is -0.493 e. The van der Waals surface area contributed by atoms with Crippen LogP contribution in [0.1, 0.15) is 27.9 Å². The third-order valence-corrected chi connectivity index (χ3v) is 5.57. The van der Waals surface area contributed by atoms with Gasteiger partial charge in [0, 0.05) is 21.9 Å². The van der Waals surface area contributed by atoms with Crippen LogP contribution in [0.25, 0.3) is 0 Å². The first-order chi connectivity index (χ1) is 15.9. The first-order valence-corrected chi connectivity index (χ1v) is 11.3. The molecule has 3 rings (SSSR count). The summed E-state index contributed by atoms with van der Waals surface area (Å²) in [5.74, 6) is 1.30. The molecule has 1 N–H and O–H groups in total. The number of aromatic nitrogens is 1. The van der Waals surface area contributed by atoms with Crippen molar-refractivity contribution in [3.8, 4) is 17.6 Å². The van der Waals surface area contributed by atoms with Crippen LogP contribution >= 0.6 is 34.2 Å². The fourth-order valence-corrected chi connectivity index (χ4v) is 3.71. The van der Waals surface area contributed by atoms with E-state index in [2.05, 4.69) is 44.2 Å². The Hall–Kier alpha value is -2.87. The van der Waals surface area contributed by atoms with E-state index < -0.39 is 0 Å². The topological polar surface area (TPSA) is 88.8 Å². The number of nitrogens with zero attached hydrogens (tertiary/aromatic N) is 3. The van der Waals surface area contributed by atoms with Crippen molar-refractivity contribution in [2.75, 3.05) is 19.6 Å². The van der Waals surface area contributed by atoms with Crippen molar-refractivity contribution in [3.63, 3.8) is 0 Å². The minimum atomic E-state index is 0.307. The molecule has 0 radical (unpaired) electrons. The number of hydrogen-bond donors (Lipinski definition) is 1. The summed E-state index contributed by atoms with van der Waals surface area (Å²) in [6, 6.07) is 15.5. The molecule has 170 valence electrons. The molecule has 33 heavy (non-hydrogen) atoms. The molecule has 0 saturated heterocycles. The molecule has 0 fully saturated rings. The number of anilines is 1. The van der Waals surface area contributed by atoms with Crippen LogP contribution in [0.2, 0.25) is 5.02 Å². The van der Waals surface area contributed by atoms with Gasteiger partial charge in [-0.2, -0.15) is 10.4 Å². The summed E-state index contributed by atoms with van der Waals surface area (Å²) < 4.78 is 17.7. The molecule has 7 nitrogen and oxygen atoms in total. The molecular weight excluding hydrogens is 555 g/mol. The van der Waals surface area contributed by atoms with E-state index in [0.29, 0.717) is 46.7 Å². The molecule has 0 spiro atoms. The fourth-order valence-electron chi connectivity index (χ4n) is 3.07. The van der Waals surface area contributed by atoms with Gasteiger partial charge in [-0.05, 0) is 71.0 Å². The summed E-state index contributed by atoms with van der Waals surface area (Å²) in [5.41, 5.74) is 6.42. The van der Waals surface area contributed by atoms with Crippen molar-refractivity contribution in [1.82, 2.24) is 4.98 Å². The van der Waals surface area contributed by atoms with Crippen LogP contribution in [0.5, 0.6) is 11.5 Å². The summed E-state index contributed by atoms with van der Waals surface area (Å²) in [6.07, 6.45) is 1.57. The fraction of sp³-hybridized carbons (Fsp3) is 0.208. The second kappa shape index (κ2) is 11.8. The van der Waals surface area contributed by atoms with Gasteiger partial charge < -0.3 is 14.2 Å². The van der Waals surface area contributed by atoms with E-state index in [1.54, 1.807) is 32.6 Å². The van der Waals surface area contributed by atoms with Gasteiger partial charge in [-0.25, -0.2) is 4.98 Å². The van der Waals surface area contributed by atoms with Crippen LogP contribution in [0, 0.1) is 21.8 Å². The average molecular weight is 577 g/mol. The quantitative estimate of drug-likeness (QED) is 0.200. The van der Waals surface area contributed by atoms with Crippen molar-refractivity contribution in [2.24, 2.45) is 5.10 Å². The van der Waals surface area contributed by atoms with Gasteiger partial charge in [0.15, 0.2) is 17.3 Å². The largest absolute Gasteiger partial charge is 0.493 e. The van der Waals surface area contributed by atoms with E-state index in [1.807, 2.05) is 37.3 Å². The number of aryl methyl sites for hydroxylation is 1. The Bertz CT molecular complexity index is 1190. The van der Waals surface area contributed by atoms with E-state index in [1.165, 1.54) is 0 Å². The zero-order chi connectivity index (χ0) is 23.8. The Balaban J connectivity index is 1.77. The maximum Gasteiger partial charge on any atom is 0.180 e. The summed E-state index contributed by atoms with van der Waals surface area (Å²) in [6.45, 7) is 2.51. The van der Waals surface area contributed by atoms with Crippen LogP contribution in [0.3, 0.4) is 0 Å². The first-order valence-electron chi connectivity index (χ1n) is 9.88. The molecule has 3 aromatic rings. The third kappa shape index (κ3) is 6.57. The zero-order valence-electron chi connectivity index (χ0n) is 18.4. The highest BCUT2D eigenvalue weighted by Gasteiger charge is 2.13. The number of hydrazone groups is 1. The Morgan fingerprint density at radius 2 is 1.94 bits per heavy atom. The number of methoxy groups -OCH3 is 2. The molecule has 0 aliphatic heterocycles. The molecule has 0 saturated carbocycles. The monoisotopic (exact) mass is 576 g/mol. The Kier molecular flexibility index (Phi) is 8.88. The maximum absolute atomic E-state index is 9.53. The molecule has 2 aromatic carbocycles. The van der Waals surface area contributed by atoms with Gasteiger partial charge in [0.1, 0.15) is 18.2 Å². The van der Waals surface area contributed by atoms with Gasteiger partial charge in [-0.15, -0.1) is 0 Å². The van der Waals surface area contributed by atoms with Crippen molar-refractivity contribution in [2.45, 2.75) is 20.1 Å². The van der Waals surface area contributed by atoms with E-state index in [0.717, 1.165) is 20.4 Å². The molecule has 0 amide bonds. The highest BCUT2D eigenvalue weighted by molar-refractivity contribution is 14.1. The van der Waals surface area contributed by atoms with Crippen molar-refractivity contribution in [3.05, 3.63) is 79.0 Å². The van der Waals surface area contributed by atoms with E-state index in [-0.39, 0.29) is 0 Å². The second-order valence-corrected chi connectivity index (χ2v) is 8.66. The Labute approximate surface area is 211 Å². The number of benzene rings is 2. The number of rotatable bonds is 9. The number of pyridine rings is 1. The lowest BCUT2D eigenvalue weighted by Crippen LogP contribution is -2.03. The first kappa shape index (κ1) is 24.8. The molecule has 0 bridgehead atoms.